The predicted molar refractivity (Wildman–Crippen MR) is 101 cm³/mol. The molecule has 2 aromatic rings. The average Bonchev–Trinajstić information content (AvgIpc) is 2.83. The monoisotopic (exact) mass is 413 g/mol. The molecule has 0 bridgehead atoms. The molecule has 0 fully saturated rings. The van der Waals surface area contributed by atoms with Crippen LogP contribution in [0.15, 0.2) is 53.0 Å². The van der Waals surface area contributed by atoms with Crippen LogP contribution in [0.5, 0.6) is 5.75 Å². The van der Waals surface area contributed by atoms with Crippen LogP contribution in [-0.2, 0) is 19.9 Å². The van der Waals surface area contributed by atoms with E-state index in [1.165, 1.54) is 6.08 Å². The fraction of sp³-hybridized carbons (Fsp3) is 0.200. The van der Waals surface area contributed by atoms with Gasteiger partial charge in [0.15, 0.2) is 0 Å². The van der Waals surface area contributed by atoms with E-state index < -0.39 is 11.6 Å². The average molecular weight is 414 g/mol. The zero-order chi connectivity index (χ0) is 18.5. The first-order valence-electron chi connectivity index (χ1n) is 8.11. The van der Waals surface area contributed by atoms with E-state index >= 15 is 0 Å². The number of esters is 1. The van der Waals surface area contributed by atoms with E-state index in [2.05, 4.69) is 15.9 Å². The van der Waals surface area contributed by atoms with Crippen molar-refractivity contribution < 1.29 is 19.1 Å². The minimum atomic E-state index is -1.31. The number of carbonyl (C=O) groups excluding carboxylic acids is 2. The quantitative estimate of drug-likeness (QED) is 0.704. The van der Waals surface area contributed by atoms with Crippen LogP contribution in [0.4, 0.5) is 5.69 Å². The van der Waals surface area contributed by atoms with Crippen LogP contribution < -0.4 is 9.64 Å². The van der Waals surface area contributed by atoms with E-state index in [1.807, 2.05) is 42.5 Å². The van der Waals surface area contributed by atoms with Gasteiger partial charge in [-0.25, -0.2) is 4.79 Å². The molecule has 1 amide bonds. The number of methoxy groups -OCH3 is 1. The van der Waals surface area contributed by atoms with Gasteiger partial charge in [-0.1, -0.05) is 34.1 Å². The Morgan fingerprint density at radius 2 is 1.88 bits per heavy atom. The number of rotatable bonds is 2. The molecule has 6 heteroatoms. The summed E-state index contributed by atoms with van der Waals surface area (Å²) in [4.78, 5) is 27.0. The maximum absolute atomic E-state index is 13.1. The van der Waals surface area contributed by atoms with Crippen LogP contribution in [0.1, 0.15) is 17.5 Å². The molecule has 2 aliphatic rings. The highest BCUT2D eigenvalue weighted by Gasteiger charge is 2.55. The topological polar surface area (TPSA) is 55.8 Å². The van der Waals surface area contributed by atoms with Gasteiger partial charge < -0.3 is 14.4 Å². The number of amides is 1. The fourth-order valence-corrected chi connectivity index (χ4v) is 3.93. The number of carbonyl (C=O) groups is 2. The zero-order valence-electron chi connectivity index (χ0n) is 14.3. The van der Waals surface area contributed by atoms with E-state index in [4.69, 9.17) is 9.47 Å². The lowest BCUT2D eigenvalue weighted by Gasteiger charge is -2.32. The minimum Gasteiger partial charge on any atom is -0.497 e. The van der Waals surface area contributed by atoms with Crippen molar-refractivity contribution in [2.24, 2.45) is 0 Å². The highest BCUT2D eigenvalue weighted by atomic mass is 79.9. The Balaban J connectivity index is 1.80. The number of fused-ring (bicyclic) bond motifs is 2. The van der Waals surface area contributed by atoms with Gasteiger partial charge in [0.25, 0.3) is 5.91 Å². The highest BCUT2D eigenvalue weighted by molar-refractivity contribution is 9.10. The smallest absolute Gasteiger partial charge is 0.332 e. The lowest BCUT2D eigenvalue weighted by atomic mass is 9.83. The number of ether oxygens (including phenoxy) is 2. The molecule has 0 saturated heterocycles. The molecule has 1 atom stereocenters. The highest BCUT2D eigenvalue weighted by Crippen LogP contribution is 2.49. The molecule has 4 rings (SSSR count). The van der Waals surface area contributed by atoms with Gasteiger partial charge in [-0.2, -0.15) is 0 Å². The van der Waals surface area contributed by atoms with Crippen LogP contribution in [0, 0.1) is 0 Å². The Labute approximate surface area is 159 Å². The summed E-state index contributed by atoms with van der Waals surface area (Å²) in [5.74, 6) is -0.0213. The summed E-state index contributed by atoms with van der Waals surface area (Å²) in [7, 11) is 3.30. The van der Waals surface area contributed by atoms with Gasteiger partial charge >= 0.3 is 5.97 Å². The van der Waals surface area contributed by atoms with Crippen LogP contribution in [-0.4, -0.2) is 26.0 Å². The van der Waals surface area contributed by atoms with Crippen molar-refractivity contribution in [3.63, 3.8) is 0 Å². The molecule has 26 heavy (non-hydrogen) atoms. The molecule has 2 aromatic carbocycles. The molecule has 2 aliphatic heterocycles. The zero-order valence-corrected chi connectivity index (χ0v) is 15.9. The molecule has 0 aromatic heterocycles. The predicted octanol–water partition coefficient (Wildman–Crippen LogP) is 3.66. The molecular formula is C20H16BrNO4. The maximum Gasteiger partial charge on any atom is 0.332 e. The summed E-state index contributed by atoms with van der Waals surface area (Å²) in [6.45, 7) is 0. The van der Waals surface area contributed by atoms with Gasteiger partial charge in [0.2, 0.25) is 5.60 Å². The van der Waals surface area contributed by atoms with Crippen molar-refractivity contribution in [2.75, 3.05) is 19.1 Å². The maximum atomic E-state index is 13.1. The third-order valence-electron chi connectivity index (χ3n) is 4.87. The third kappa shape index (κ3) is 2.44. The van der Waals surface area contributed by atoms with Crippen LogP contribution in [0.2, 0.25) is 0 Å². The number of anilines is 1. The molecule has 2 heterocycles. The second-order valence-corrected chi connectivity index (χ2v) is 7.26. The van der Waals surface area contributed by atoms with Crippen molar-refractivity contribution in [3.8, 4) is 5.75 Å². The standard InChI is InChI=1S/C20H16BrNO4/c1-22-17-10-14(21)5-8-16(17)20(19(22)24)11-13(9-18(23)26-20)12-3-6-15(25-2)7-4-12/h3-10H,11H2,1-2H3/t20-/m1/s1. The van der Waals surface area contributed by atoms with Gasteiger partial charge in [-0.05, 0) is 35.4 Å². The Kier molecular flexibility index (Phi) is 3.88. The molecule has 0 radical (unpaired) electrons. The number of halogens is 1. The Hall–Kier alpha value is -2.60. The van der Waals surface area contributed by atoms with Crippen molar-refractivity contribution in [1.82, 2.24) is 0 Å². The molecule has 132 valence electrons. The second kappa shape index (κ2) is 5.99. The number of nitrogens with zero attached hydrogens (tertiary/aromatic N) is 1. The first-order chi connectivity index (χ1) is 12.4. The Morgan fingerprint density at radius 3 is 2.58 bits per heavy atom. The Bertz CT molecular complexity index is 951. The first kappa shape index (κ1) is 16.8. The van der Waals surface area contributed by atoms with Crippen molar-refractivity contribution in [2.45, 2.75) is 12.0 Å². The van der Waals surface area contributed by atoms with Gasteiger partial charge in [-0.3, -0.25) is 4.79 Å². The van der Waals surface area contributed by atoms with Crippen molar-refractivity contribution in [1.29, 1.82) is 0 Å². The number of hydrogen-bond acceptors (Lipinski definition) is 4. The van der Waals surface area contributed by atoms with Crippen molar-refractivity contribution >= 4 is 39.1 Å². The normalized spacial score (nSPS) is 21.5. The van der Waals surface area contributed by atoms with Crippen molar-refractivity contribution in [3.05, 3.63) is 64.1 Å². The lowest BCUT2D eigenvalue weighted by molar-refractivity contribution is -0.163. The molecule has 0 aliphatic carbocycles. The third-order valence-corrected chi connectivity index (χ3v) is 5.37. The summed E-state index contributed by atoms with van der Waals surface area (Å²) >= 11 is 3.43. The minimum absolute atomic E-state index is 0.238. The van der Waals surface area contributed by atoms with Gasteiger partial charge in [-0.15, -0.1) is 0 Å². The molecule has 0 saturated carbocycles. The fourth-order valence-electron chi connectivity index (χ4n) is 3.58. The summed E-state index contributed by atoms with van der Waals surface area (Å²) in [5.41, 5.74) is 1.77. The van der Waals surface area contributed by atoms with Gasteiger partial charge in [0.1, 0.15) is 5.75 Å². The molecule has 0 N–H and O–H groups in total. The van der Waals surface area contributed by atoms with E-state index in [0.717, 1.165) is 27.0 Å². The molecule has 0 unspecified atom stereocenters. The SMILES string of the molecule is COc1ccc(C2=CC(=O)O[C@@]3(C2)C(=O)N(C)c2cc(Br)ccc23)cc1. The van der Waals surface area contributed by atoms with E-state index in [-0.39, 0.29) is 5.91 Å². The van der Waals surface area contributed by atoms with E-state index in [0.29, 0.717) is 12.0 Å². The van der Waals surface area contributed by atoms with Gasteiger partial charge in [0.05, 0.1) is 12.8 Å². The summed E-state index contributed by atoms with van der Waals surface area (Å²) in [6, 6.07) is 13.0. The van der Waals surface area contributed by atoms with E-state index in [1.54, 1.807) is 19.1 Å². The summed E-state index contributed by atoms with van der Waals surface area (Å²) in [6.07, 6.45) is 1.75. The molecule has 1 spiro atoms. The van der Waals surface area contributed by atoms with Crippen LogP contribution >= 0.6 is 15.9 Å². The second-order valence-electron chi connectivity index (χ2n) is 6.35. The molecule has 5 nitrogen and oxygen atoms in total. The number of hydrogen-bond donors (Lipinski definition) is 0. The number of likely N-dealkylation sites (N-methyl/N-ethyl adjacent to an activating group) is 1. The number of benzene rings is 2. The van der Waals surface area contributed by atoms with Gasteiger partial charge in [0, 0.05) is 29.6 Å². The summed E-state index contributed by atoms with van der Waals surface area (Å²) in [5, 5.41) is 0. The first-order valence-corrected chi connectivity index (χ1v) is 8.90. The largest absolute Gasteiger partial charge is 0.497 e. The van der Waals surface area contributed by atoms with Crippen LogP contribution in [0.25, 0.3) is 5.57 Å². The summed E-state index contributed by atoms with van der Waals surface area (Å²) < 4.78 is 11.7. The Morgan fingerprint density at radius 1 is 1.15 bits per heavy atom. The molecular weight excluding hydrogens is 398 g/mol. The lowest BCUT2D eigenvalue weighted by Crippen LogP contribution is -2.44. The van der Waals surface area contributed by atoms with E-state index in [9.17, 15) is 9.59 Å². The van der Waals surface area contributed by atoms with Crippen LogP contribution in [0.3, 0.4) is 0 Å².